The van der Waals surface area contributed by atoms with E-state index in [4.69, 9.17) is 0 Å². The Morgan fingerprint density at radius 1 is 1.38 bits per heavy atom. The fourth-order valence-electron chi connectivity index (χ4n) is 2.56. The molecule has 1 aliphatic rings. The van der Waals surface area contributed by atoms with Crippen LogP contribution in [0.25, 0.3) is 0 Å². The minimum Gasteiger partial charge on any atom is -0.309 e. The van der Waals surface area contributed by atoms with Crippen molar-refractivity contribution in [1.29, 1.82) is 0 Å². The van der Waals surface area contributed by atoms with Crippen molar-refractivity contribution >= 4 is 11.3 Å². The van der Waals surface area contributed by atoms with Gasteiger partial charge in [-0.1, -0.05) is 20.8 Å². The summed E-state index contributed by atoms with van der Waals surface area (Å²) in [6.07, 6.45) is 5.22. The SMILES string of the molecule is CCc1ccc(CNC2CCC(C)(C)C2)s1. The summed E-state index contributed by atoms with van der Waals surface area (Å²) in [5.74, 6) is 0. The number of hydrogen-bond acceptors (Lipinski definition) is 2. The highest BCUT2D eigenvalue weighted by atomic mass is 32.1. The number of hydrogen-bond donors (Lipinski definition) is 1. The van der Waals surface area contributed by atoms with E-state index in [2.05, 4.69) is 38.2 Å². The normalized spacial score (nSPS) is 23.8. The summed E-state index contributed by atoms with van der Waals surface area (Å²) in [6.45, 7) is 8.05. The number of rotatable bonds is 4. The van der Waals surface area contributed by atoms with Gasteiger partial charge in [-0.3, -0.25) is 0 Å². The minimum absolute atomic E-state index is 0.557. The van der Waals surface area contributed by atoms with E-state index >= 15 is 0 Å². The van der Waals surface area contributed by atoms with E-state index in [0.29, 0.717) is 5.41 Å². The molecule has 1 saturated carbocycles. The van der Waals surface area contributed by atoms with Gasteiger partial charge in [0.2, 0.25) is 0 Å². The zero-order valence-corrected chi connectivity index (χ0v) is 11.5. The maximum Gasteiger partial charge on any atom is 0.0302 e. The maximum absolute atomic E-state index is 3.70. The van der Waals surface area contributed by atoms with Gasteiger partial charge in [-0.15, -0.1) is 11.3 Å². The summed E-state index contributed by atoms with van der Waals surface area (Å²) in [4.78, 5) is 2.99. The zero-order chi connectivity index (χ0) is 11.6. The molecule has 0 aromatic carbocycles. The highest BCUT2D eigenvalue weighted by Gasteiger charge is 2.30. The van der Waals surface area contributed by atoms with Crippen molar-refractivity contribution < 1.29 is 0 Å². The lowest BCUT2D eigenvalue weighted by molar-refractivity contribution is 0.364. The van der Waals surface area contributed by atoms with Gasteiger partial charge >= 0.3 is 0 Å². The summed E-state index contributed by atoms with van der Waals surface area (Å²) in [5.41, 5.74) is 0.557. The van der Waals surface area contributed by atoms with Crippen molar-refractivity contribution in [2.24, 2.45) is 5.41 Å². The molecule has 1 nitrogen and oxygen atoms in total. The predicted molar refractivity (Wildman–Crippen MR) is 72.0 cm³/mol. The minimum atomic E-state index is 0.557. The van der Waals surface area contributed by atoms with E-state index in [1.807, 2.05) is 11.3 Å². The van der Waals surface area contributed by atoms with Crippen molar-refractivity contribution in [2.45, 2.75) is 59.0 Å². The molecular formula is C14H23NS. The Bertz CT molecular complexity index is 340. The second-order valence-electron chi connectivity index (χ2n) is 5.71. The maximum atomic E-state index is 3.70. The first-order chi connectivity index (χ1) is 7.59. The molecule has 90 valence electrons. The quantitative estimate of drug-likeness (QED) is 0.835. The molecule has 0 spiro atoms. The third kappa shape index (κ3) is 3.08. The van der Waals surface area contributed by atoms with Crippen LogP contribution in [0, 0.1) is 5.41 Å². The smallest absolute Gasteiger partial charge is 0.0302 e. The van der Waals surface area contributed by atoms with Crippen LogP contribution in [0.2, 0.25) is 0 Å². The van der Waals surface area contributed by atoms with Gasteiger partial charge in [0, 0.05) is 22.3 Å². The molecule has 1 fully saturated rings. The fourth-order valence-corrected chi connectivity index (χ4v) is 3.47. The average molecular weight is 237 g/mol. The Hall–Kier alpha value is -0.340. The molecule has 1 atom stereocenters. The monoisotopic (exact) mass is 237 g/mol. The zero-order valence-electron chi connectivity index (χ0n) is 10.7. The molecule has 0 bridgehead atoms. The van der Waals surface area contributed by atoms with Crippen molar-refractivity contribution in [1.82, 2.24) is 5.32 Å². The Morgan fingerprint density at radius 3 is 2.69 bits per heavy atom. The Labute approximate surface area is 103 Å². The Balaban J connectivity index is 1.80. The van der Waals surface area contributed by atoms with E-state index < -0.39 is 0 Å². The average Bonchev–Trinajstić information content (AvgIpc) is 2.81. The standard InChI is InChI=1S/C14H23NS/c1-4-12-5-6-13(16-12)10-15-11-7-8-14(2,3)9-11/h5-6,11,15H,4,7-10H2,1-3H3. The topological polar surface area (TPSA) is 12.0 Å². The number of nitrogens with one attached hydrogen (secondary N) is 1. The molecule has 0 radical (unpaired) electrons. The van der Waals surface area contributed by atoms with Crippen LogP contribution >= 0.6 is 11.3 Å². The van der Waals surface area contributed by atoms with Crippen molar-refractivity contribution in [3.8, 4) is 0 Å². The van der Waals surface area contributed by atoms with Crippen LogP contribution in [-0.2, 0) is 13.0 Å². The van der Waals surface area contributed by atoms with Crippen LogP contribution < -0.4 is 5.32 Å². The molecule has 1 unspecified atom stereocenters. The van der Waals surface area contributed by atoms with Crippen molar-refractivity contribution in [2.75, 3.05) is 0 Å². The molecule has 16 heavy (non-hydrogen) atoms. The highest BCUT2D eigenvalue weighted by molar-refractivity contribution is 7.11. The van der Waals surface area contributed by atoms with Crippen LogP contribution in [0.15, 0.2) is 12.1 Å². The largest absolute Gasteiger partial charge is 0.309 e. The molecule has 1 heterocycles. The van der Waals surface area contributed by atoms with E-state index in [-0.39, 0.29) is 0 Å². The second-order valence-corrected chi connectivity index (χ2v) is 6.96. The fraction of sp³-hybridized carbons (Fsp3) is 0.714. The third-order valence-electron chi connectivity index (χ3n) is 3.60. The first kappa shape index (κ1) is 12.1. The first-order valence-electron chi connectivity index (χ1n) is 6.40. The predicted octanol–water partition coefficient (Wildman–Crippen LogP) is 3.98. The Morgan fingerprint density at radius 2 is 2.12 bits per heavy atom. The molecule has 0 saturated heterocycles. The van der Waals surface area contributed by atoms with Gasteiger partial charge in [-0.2, -0.15) is 0 Å². The molecule has 1 aliphatic carbocycles. The van der Waals surface area contributed by atoms with Crippen LogP contribution in [0.3, 0.4) is 0 Å². The van der Waals surface area contributed by atoms with Crippen LogP contribution in [0.5, 0.6) is 0 Å². The van der Waals surface area contributed by atoms with Gasteiger partial charge < -0.3 is 5.32 Å². The van der Waals surface area contributed by atoms with Gasteiger partial charge in [0.25, 0.3) is 0 Å². The summed E-state index contributed by atoms with van der Waals surface area (Å²) >= 11 is 1.95. The second kappa shape index (κ2) is 4.89. The van der Waals surface area contributed by atoms with Gasteiger partial charge in [-0.25, -0.2) is 0 Å². The lowest BCUT2D eigenvalue weighted by atomic mass is 9.92. The van der Waals surface area contributed by atoms with Crippen LogP contribution in [0.4, 0.5) is 0 Å². The number of thiophene rings is 1. The molecule has 1 aromatic rings. The molecular weight excluding hydrogens is 214 g/mol. The summed E-state index contributed by atoms with van der Waals surface area (Å²) in [7, 11) is 0. The van der Waals surface area contributed by atoms with Gasteiger partial charge in [0.05, 0.1) is 0 Å². The molecule has 2 heteroatoms. The first-order valence-corrected chi connectivity index (χ1v) is 7.22. The van der Waals surface area contributed by atoms with Gasteiger partial charge in [-0.05, 0) is 43.2 Å². The third-order valence-corrected chi connectivity index (χ3v) is 4.83. The van der Waals surface area contributed by atoms with E-state index in [9.17, 15) is 0 Å². The van der Waals surface area contributed by atoms with Crippen molar-refractivity contribution in [3.63, 3.8) is 0 Å². The molecule has 0 aliphatic heterocycles. The summed E-state index contributed by atoms with van der Waals surface area (Å²) in [5, 5.41) is 3.70. The Kier molecular flexibility index (Phi) is 3.70. The van der Waals surface area contributed by atoms with Gasteiger partial charge in [0.1, 0.15) is 0 Å². The molecule has 1 aromatic heterocycles. The summed E-state index contributed by atoms with van der Waals surface area (Å²) < 4.78 is 0. The number of aryl methyl sites for hydroxylation is 1. The van der Waals surface area contributed by atoms with Crippen molar-refractivity contribution in [3.05, 3.63) is 21.9 Å². The lowest BCUT2D eigenvalue weighted by Gasteiger charge is -2.17. The molecule has 0 amide bonds. The summed E-state index contributed by atoms with van der Waals surface area (Å²) in [6, 6.07) is 5.28. The lowest BCUT2D eigenvalue weighted by Crippen LogP contribution is -2.26. The van der Waals surface area contributed by atoms with Crippen LogP contribution in [0.1, 0.15) is 49.8 Å². The van der Waals surface area contributed by atoms with E-state index in [0.717, 1.165) is 12.6 Å². The van der Waals surface area contributed by atoms with E-state index in [1.54, 1.807) is 0 Å². The van der Waals surface area contributed by atoms with E-state index in [1.165, 1.54) is 35.4 Å². The molecule has 2 rings (SSSR count). The highest BCUT2D eigenvalue weighted by Crippen LogP contribution is 2.37. The molecule has 1 N–H and O–H groups in total. The van der Waals surface area contributed by atoms with Crippen LogP contribution in [-0.4, -0.2) is 6.04 Å². The van der Waals surface area contributed by atoms with Gasteiger partial charge in [0.15, 0.2) is 0 Å².